The number of rotatable bonds is 6. The van der Waals surface area contributed by atoms with Crippen LogP contribution in [0.3, 0.4) is 0 Å². The van der Waals surface area contributed by atoms with E-state index in [1.54, 1.807) is 30.2 Å². The van der Waals surface area contributed by atoms with Crippen LogP contribution in [0.15, 0.2) is 99.3 Å². The average Bonchev–Trinajstić information content (AvgIpc) is 3.33. The average molecular weight is 442 g/mol. The zero-order valence-electron chi connectivity index (χ0n) is 17.9. The fraction of sp³-hybridized carbons (Fsp3) is 0.154. The molecule has 3 aromatic rings. The number of benzene rings is 2. The number of allylic oxidation sites excluding steroid dienone is 2. The lowest BCUT2D eigenvalue weighted by Crippen LogP contribution is -2.30. The van der Waals surface area contributed by atoms with Crippen molar-refractivity contribution in [2.24, 2.45) is 0 Å². The van der Waals surface area contributed by atoms with Crippen molar-refractivity contribution in [3.63, 3.8) is 0 Å². The van der Waals surface area contributed by atoms with Crippen molar-refractivity contribution in [3.8, 4) is 6.07 Å². The molecule has 1 aliphatic rings. The molecule has 0 saturated carbocycles. The number of nitrogens with one attached hydrogen (secondary N) is 2. The molecular weight excluding hydrogens is 418 g/mol. The normalized spacial score (nSPS) is 15.8. The first-order valence-electron chi connectivity index (χ1n) is 10.3. The van der Waals surface area contributed by atoms with Crippen molar-refractivity contribution >= 4 is 23.4 Å². The number of anilines is 1. The summed E-state index contributed by atoms with van der Waals surface area (Å²) in [5.41, 5.74) is 4.74. The van der Waals surface area contributed by atoms with E-state index in [1.807, 2.05) is 49.4 Å². The van der Waals surface area contributed by atoms with Crippen LogP contribution in [-0.2, 0) is 10.5 Å². The quantitative estimate of drug-likeness (QED) is 0.501. The van der Waals surface area contributed by atoms with Gasteiger partial charge in [-0.15, -0.1) is 11.8 Å². The Bertz CT molecular complexity index is 1220. The van der Waals surface area contributed by atoms with Crippen molar-refractivity contribution in [1.82, 2.24) is 5.32 Å². The van der Waals surface area contributed by atoms with Gasteiger partial charge in [0, 0.05) is 17.1 Å². The maximum absolute atomic E-state index is 13.3. The molecule has 1 atom stereocenters. The van der Waals surface area contributed by atoms with Crippen molar-refractivity contribution in [2.45, 2.75) is 25.5 Å². The third-order valence-corrected chi connectivity index (χ3v) is 6.45. The predicted octanol–water partition coefficient (Wildman–Crippen LogP) is 5.86. The Labute approximate surface area is 191 Å². The van der Waals surface area contributed by atoms with Gasteiger partial charge < -0.3 is 15.1 Å². The SMILES string of the molecule is CC1=C(C(=O)Nc2ccccc2)C(c2ccco2)C(C#N)=C(SCc2ccccc2C)N1. The lowest BCUT2D eigenvalue weighted by atomic mass is 9.85. The monoisotopic (exact) mass is 441 g/mol. The van der Waals surface area contributed by atoms with Gasteiger partial charge in [-0.1, -0.05) is 42.5 Å². The fourth-order valence-electron chi connectivity index (χ4n) is 3.71. The minimum Gasteiger partial charge on any atom is -0.468 e. The van der Waals surface area contributed by atoms with Crippen LogP contribution in [0.2, 0.25) is 0 Å². The largest absolute Gasteiger partial charge is 0.468 e. The summed E-state index contributed by atoms with van der Waals surface area (Å²) in [4.78, 5) is 13.3. The van der Waals surface area contributed by atoms with Gasteiger partial charge in [0.15, 0.2) is 0 Å². The van der Waals surface area contributed by atoms with E-state index in [0.29, 0.717) is 34.0 Å². The zero-order chi connectivity index (χ0) is 22.5. The van der Waals surface area contributed by atoms with Gasteiger partial charge in [0.1, 0.15) is 5.76 Å². The van der Waals surface area contributed by atoms with Crippen LogP contribution in [0, 0.1) is 18.3 Å². The van der Waals surface area contributed by atoms with Crippen LogP contribution in [0.1, 0.15) is 29.7 Å². The number of dihydropyridines is 1. The van der Waals surface area contributed by atoms with Gasteiger partial charge in [-0.3, -0.25) is 4.79 Å². The second kappa shape index (κ2) is 9.63. The van der Waals surface area contributed by atoms with Crippen molar-refractivity contribution in [3.05, 3.63) is 112 Å². The summed E-state index contributed by atoms with van der Waals surface area (Å²) in [7, 11) is 0. The Balaban J connectivity index is 1.68. The number of carbonyl (C=O) groups excluding carboxylic acids is 1. The summed E-state index contributed by atoms with van der Waals surface area (Å²) >= 11 is 1.56. The number of para-hydroxylation sites is 1. The van der Waals surface area contributed by atoms with Crippen molar-refractivity contribution in [2.75, 3.05) is 5.32 Å². The summed E-state index contributed by atoms with van der Waals surface area (Å²) in [6.45, 7) is 3.94. The van der Waals surface area contributed by atoms with Gasteiger partial charge in [-0.2, -0.15) is 5.26 Å². The molecule has 160 valence electrons. The van der Waals surface area contributed by atoms with Crippen LogP contribution in [0.5, 0.6) is 0 Å². The van der Waals surface area contributed by atoms with Gasteiger partial charge in [-0.05, 0) is 49.2 Å². The maximum Gasteiger partial charge on any atom is 0.254 e. The van der Waals surface area contributed by atoms with E-state index in [9.17, 15) is 10.1 Å². The number of nitriles is 1. The molecule has 1 unspecified atom stereocenters. The van der Waals surface area contributed by atoms with Crippen LogP contribution in [0.25, 0.3) is 0 Å². The topological polar surface area (TPSA) is 78.1 Å². The number of aryl methyl sites for hydroxylation is 1. The van der Waals surface area contributed by atoms with Crippen molar-refractivity contribution in [1.29, 1.82) is 5.26 Å². The second-order valence-corrected chi connectivity index (χ2v) is 8.49. The van der Waals surface area contributed by atoms with Crippen molar-refractivity contribution < 1.29 is 9.21 Å². The number of carbonyl (C=O) groups is 1. The molecule has 1 aliphatic heterocycles. The van der Waals surface area contributed by atoms with Gasteiger partial charge in [-0.25, -0.2) is 0 Å². The zero-order valence-corrected chi connectivity index (χ0v) is 18.7. The number of furan rings is 1. The molecule has 0 bridgehead atoms. The van der Waals surface area contributed by atoms with E-state index in [2.05, 4.69) is 35.8 Å². The van der Waals surface area contributed by atoms with Gasteiger partial charge >= 0.3 is 0 Å². The Morgan fingerprint density at radius 2 is 1.84 bits per heavy atom. The highest BCUT2D eigenvalue weighted by atomic mass is 32.2. The molecule has 0 radical (unpaired) electrons. The lowest BCUT2D eigenvalue weighted by molar-refractivity contribution is -0.113. The number of thioether (sulfide) groups is 1. The molecule has 6 heteroatoms. The minimum atomic E-state index is -0.584. The predicted molar refractivity (Wildman–Crippen MR) is 127 cm³/mol. The first-order valence-corrected chi connectivity index (χ1v) is 11.3. The van der Waals surface area contributed by atoms with E-state index in [1.165, 1.54) is 11.1 Å². The standard InChI is InChI=1S/C26H23N3O2S/c1-17-9-6-7-10-19(17)16-32-26-21(15-27)24(22-13-8-14-31-22)23(18(2)28-26)25(30)29-20-11-4-3-5-12-20/h3-14,24,28H,16H2,1-2H3,(H,29,30). The molecule has 2 aromatic carbocycles. The Kier molecular flexibility index (Phi) is 6.48. The van der Waals surface area contributed by atoms with E-state index in [0.717, 1.165) is 5.03 Å². The van der Waals surface area contributed by atoms with Gasteiger partial charge in [0.05, 0.1) is 34.4 Å². The molecule has 0 fully saturated rings. The summed E-state index contributed by atoms with van der Waals surface area (Å²) in [5.74, 6) is 0.427. The van der Waals surface area contributed by atoms with Crippen LogP contribution >= 0.6 is 11.8 Å². The summed E-state index contributed by atoms with van der Waals surface area (Å²) < 4.78 is 5.68. The molecule has 2 heterocycles. The molecule has 1 aromatic heterocycles. The molecule has 2 N–H and O–H groups in total. The molecule has 5 nitrogen and oxygen atoms in total. The third-order valence-electron chi connectivity index (χ3n) is 5.38. The molecule has 0 spiro atoms. The summed E-state index contributed by atoms with van der Waals surface area (Å²) in [6.07, 6.45) is 1.56. The minimum absolute atomic E-state index is 0.265. The maximum atomic E-state index is 13.3. The third kappa shape index (κ3) is 4.48. The number of hydrogen-bond acceptors (Lipinski definition) is 5. The Hall–Kier alpha value is -3.69. The van der Waals surface area contributed by atoms with E-state index in [4.69, 9.17) is 4.42 Å². The molecule has 1 amide bonds. The van der Waals surface area contributed by atoms with Crippen LogP contribution in [0.4, 0.5) is 5.69 Å². The van der Waals surface area contributed by atoms with Gasteiger partial charge in [0.2, 0.25) is 0 Å². The molecule has 0 saturated heterocycles. The second-order valence-electron chi connectivity index (χ2n) is 7.50. The van der Waals surface area contributed by atoms with E-state index in [-0.39, 0.29) is 5.91 Å². The molecule has 0 aliphatic carbocycles. The highest BCUT2D eigenvalue weighted by molar-refractivity contribution is 8.02. The first kappa shape index (κ1) is 21.5. The smallest absolute Gasteiger partial charge is 0.254 e. The molecular formula is C26H23N3O2S. The summed E-state index contributed by atoms with van der Waals surface area (Å²) in [6, 6.07) is 23.4. The molecule has 4 rings (SSSR count). The highest BCUT2D eigenvalue weighted by Crippen LogP contribution is 2.41. The number of nitrogens with zero attached hydrogens (tertiary/aromatic N) is 1. The summed E-state index contributed by atoms with van der Waals surface area (Å²) in [5, 5.41) is 17.1. The van der Waals surface area contributed by atoms with Crippen LogP contribution in [-0.4, -0.2) is 5.91 Å². The van der Waals surface area contributed by atoms with Gasteiger partial charge in [0.25, 0.3) is 5.91 Å². The Morgan fingerprint density at radius 1 is 1.09 bits per heavy atom. The number of hydrogen-bond donors (Lipinski definition) is 2. The van der Waals surface area contributed by atoms with Crippen LogP contribution < -0.4 is 10.6 Å². The Morgan fingerprint density at radius 3 is 2.53 bits per heavy atom. The molecule has 32 heavy (non-hydrogen) atoms. The fourth-order valence-corrected chi connectivity index (χ4v) is 4.88. The first-order chi connectivity index (χ1) is 15.6. The van der Waals surface area contributed by atoms with E-state index < -0.39 is 5.92 Å². The number of amides is 1. The highest BCUT2D eigenvalue weighted by Gasteiger charge is 2.36. The van der Waals surface area contributed by atoms with E-state index >= 15 is 0 Å². The lowest BCUT2D eigenvalue weighted by Gasteiger charge is -2.28.